The Morgan fingerprint density at radius 3 is 3.12 bits per heavy atom. The number of fused-ring (bicyclic) bond motifs is 3. The Morgan fingerprint density at radius 1 is 1.35 bits per heavy atom. The summed E-state index contributed by atoms with van der Waals surface area (Å²) in [6, 6.07) is 10.3. The monoisotopic (exact) mass is 243 g/mol. The molecule has 1 N–H and O–H groups in total. The quantitative estimate of drug-likeness (QED) is 0.794. The van der Waals surface area contributed by atoms with E-state index in [1.807, 2.05) is 0 Å². The van der Waals surface area contributed by atoms with Gasteiger partial charge in [-0.1, -0.05) is 37.6 Å². The highest BCUT2D eigenvalue weighted by molar-refractivity contribution is 6.37. The van der Waals surface area contributed by atoms with Gasteiger partial charge in [-0.2, -0.15) is 0 Å². The molecule has 0 saturated carbocycles. The highest BCUT2D eigenvalue weighted by Crippen LogP contribution is 2.35. The lowest BCUT2D eigenvalue weighted by Crippen LogP contribution is -2.15. The molecule has 1 atom stereocenters. The van der Waals surface area contributed by atoms with Crippen molar-refractivity contribution in [2.45, 2.75) is 44.2 Å². The second kappa shape index (κ2) is 4.69. The summed E-state index contributed by atoms with van der Waals surface area (Å²) in [5.74, 6) is 0. The first-order valence-electron chi connectivity index (χ1n) is 6.99. The van der Waals surface area contributed by atoms with Crippen molar-refractivity contribution in [3.8, 4) is 0 Å². The van der Waals surface area contributed by atoms with Gasteiger partial charge in [-0.15, -0.1) is 0 Å². The fourth-order valence-corrected chi connectivity index (χ4v) is 5.36. The van der Waals surface area contributed by atoms with Crippen molar-refractivity contribution in [1.82, 2.24) is 4.98 Å². The fourth-order valence-electron chi connectivity index (χ4n) is 3.25. The first-order valence-corrected chi connectivity index (χ1v) is 8.81. The van der Waals surface area contributed by atoms with Crippen molar-refractivity contribution < 1.29 is 0 Å². The van der Waals surface area contributed by atoms with E-state index in [-0.39, 0.29) is 9.52 Å². The summed E-state index contributed by atoms with van der Waals surface area (Å²) in [5, 5.41) is 1.48. The molecule has 0 aliphatic heterocycles. The van der Waals surface area contributed by atoms with Gasteiger partial charge >= 0.3 is 0 Å². The number of aryl methyl sites for hydroxylation is 1. The minimum absolute atomic E-state index is 0.0798. The van der Waals surface area contributed by atoms with Crippen LogP contribution in [0.2, 0.25) is 6.04 Å². The zero-order chi connectivity index (χ0) is 11.7. The maximum Gasteiger partial charge on any atom is 0.0458 e. The van der Waals surface area contributed by atoms with Crippen LogP contribution in [0.15, 0.2) is 24.3 Å². The number of hydrogen-bond acceptors (Lipinski definition) is 0. The Balaban J connectivity index is 2.02. The van der Waals surface area contributed by atoms with Crippen molar-refractivity contribution in [1.29, 1.82) is 0 Å². The van der Waals surface area contributed by atoms with Crippen molar-refractivity contribution in [3.63, 3.8) is 0 Å². The highest BCUT2D eigenvalue weighted by atomic mass is 28.2. The molecule has 0 saturated heterocycles. The molecule has 0 radical (unpaired) electrons. The Hall–Kier alpha value is -1.02. The Labute approximate surface area is 105 Å². The number of benzene rings is 1. The Bertz CT molecular complexity index is 515. The number of aromatic nitrogens is 1. The third-order valence-electron chi connectivity index (χ3n) is 4.14. The predicted octanol–water partition coefficient (Wildman–Crippen LogP) is 3.54. The maximum atomic E-state index is 3.71. The van der Waals surface area contributed by atoms with E-state index >= 15 is 0 Å². The lowest BCUT2D eigenvalue weighted by atomic mass is 9.95. The molecule has 1 aromatic carbocycles. The van der Waals surface area contributed by atoms with Gasteiger partial charge in [0.05, 0.1) is 0 Å². The summed E-state index contributed by atoms with van der Waals surface area (Å²) < 4.78 is 0. The fraction of sp³-hybridized carbons (Fsp3) is 0.467. The van der Waals surface area contributed by atoms with Gasteiger partial charge in [0.1, 0.15) is 0 Å². The van der Waals surface area contributed by atoms with Crippen LogP contribution in [0.25, 0.3) is 10.9 Å². The molecular formula is C15H21NSi. The van der Waals surface area contributed by atoms with Gasteiger partial charge in [-0.25, -0.2) is 0 Å². The second-order valence-electron chi connectivity index (χ2n) is 5.29. The van der Waals surface area contributed by atoms with E-state index in [1.54, 1.807) is 11.3 Å². The summed E-state index contributed by atoms with van der Waals surface area (Å²) in [6.07, 6.45) is 5.50. The number of aromatic amines is 1. The van der Waals surface area contributed by atoms with Crippen molar-refractivity contribution in [2.75, 3.05) is 0 Å². The average molecular weight is 243 g/mol. The molecule has 3 rings (SSSR count). The van der Waals surface area contributed by atoms with Gasteiger partial charge in [-0.3, -0.25) is 0 Å². The molecule has 1 unspecified atom stereocenters. The molecule has 17 heavy (non-hydrogen) atoms. The predicted molar refractivity (Wildman–Crippen MR) is 77.6 cm³/mol. The van der Waals surface area contributed by atoms with Crippen LogP contribution in [-0.2, 0) is 6.42 Å². The maximum absolute atomic E-state index is 3.71. The Morgan fingerprint density at radius 2 is 2.24 bits per heavy atom. The first-order chi connectivity index (χ1) is 8.40. The van der Waals surface area contributed by atoms with Gasteiger partial charge in [0.2, 0.25) is 0 Å². The summed E-state index contributed by atoms with van der Waals surface area (Å²) in [5.41, 5.74) is 5.53. The number of para-hydroxylation sites is 1. The Kier molecular flexibility index (Phi) is 3.06. The average Bonchev–Trinajstić information content (AvgIpc) is 2.75. The molecule has 1 aliphatic rings. The molecule has 0 spiro atoms. The normalized spacial score (nSPS) is 20.2. The molecule has 2 aromatic rings. The van der Waals surface area contributed by atoms with Crippen LogP contribution in [0.1, 0.15) is 43.0 Å². The molecule has 90 valence electrons. The summed E-state index contributed by atoms with van der Waals surface area (Å²) in [7, 11) is 0.0798. The molecular weight excluding hydrogens is 222 g/mol. The SMILES string of the molecule is CCC[SiH2]C1CCCc2c1[nH]c1ccccc21. The topological polar surface area (TPSA) is 15.8 Å². The van der Waals surface area contributed by atoms with E-state index in [4.69, 9.17) is 0 Å². The van der Waals surface area contributed by atoms with E-state index in [0.717, 1.165) is 5.54 Å². The lowest BCUT2D eigenvalue weighted by molar-refractivity contribution is 0.653. The van der Waals surface area contributed by atoms with Crippen LogP contribution >= 0.6 is 0 Å². The molecule has 1 aliphatic carbocycles. The third kappa shape index (κ3) is 1.95. The molecule has 1 heterocycles. The number of H-pyrrole nitrogens is 1. The number of hydrogen-bond donors (Lipinski definition) is 1. The summed E-state index contributed by atoms with van der Waals surface area (Å²) in [6.45, 7) is 2.32. The van der Waals surface area contributed by atoms with Gasteiger partial charge in [0.15, 0.2) is 0 Å². The number of rotatable bonds is 3. The molecule has 2 heteroatoms. The second-order valence-corrected chi connectivity index (χ2v) is 7.56. The number of nitrogens with one attached hydrogen (secondary N) is 1. The van der Waals surface area contributed by atoms with Gasteiger partial charge in [0, 0.05) is 26.1 Å². The van der Waals surface area contributed by atoms with E-state index in [9.17, 15) is 0 Å². The van der Waals surface area contributed by atoms with Gasteiger partial charge in [-0.05, 0) is 36.4 Å². The van der Waals surface area contributed by atoms with Crippen LogP contribution in [-0.4, -0.2) is 14.5 Å². The summed E-state index contributed by atoms with van der Waals surface area (Å²) in [4.78, 5) is 3.71. The van der Waals surface area contributed by atoms with Crippen LogP contribution in [0.5, 0.6) is 0 Å². The zero-order valence-electron chi connectivity index (χ0n) is 10.6. The van der Waals surface area contributed by atoms with E-state index < -0.39 is 0 Å². The van der Waals surface area contributed by atoms with E-state index in [0.29, 0.717) is 0 Å². The van der Waals surface area contributed by atoms with Crippen molar-refractivity contribution in [2.24, 2.45) is 0 Å². The molecule has 1 aromatic heterocycles. The van der Waals surface area contributed by atoms with Crippen LogP contribution < -0.4 is 0 Å². The molecule has 0 bridgehead atoms. The first kappa shape index (κ1) is 11.1. The minimum Gasteiger partial charge on any atom is -0.358 e. The lowest BCUT2D eigenvalue weighted by Gasteiger charge is -2.22. The van der Waals surface area contributed by atoms with Crippen LogP contribution in [0, 0.1) is 0 Å². The van der Waals surface area contributed by atoms with E-state index in [2.05, 4.69) is 36.2 Å². The van der Waals surface area contributed by atoms with Crippen LogP contribution in [0.3, 0.4) is 0 Å². The molecule has 0 fully saturated rings. The third-order valence-corrected chi connectivity index (χ3v) is 6.77. The van der Waals surface area contributed by atoms with Crippen molar-refractivity contribution >= 4 is 20.4 Å². The van der Waals surface area contributed by atoms with E-state index in [1.165, 1.54) is 42.6 Å². The summed E-state index contributed by atoms with van der Waals surface area (Å²) >= 11 is 0. The molecule has 0 amide bonds. The molecule has 1 nitrogen and oxygen atoms in total. The minimum atomic E-state index is 0.0798. The standard InChI is InChI=1S/C15H21NSi/c1-2-10-17-14-9-5-7-12-11-6-3-4-8-13(11)16-15(12)14/h3-4,6,8,14,16H,2,5,7,9-10,17H2,1H3. The highest BCUT2D eigenvalue weighted by Gasteiger charge is 2.23. The largest absolute Gasteiger partial charge is 0.358 e. The van der Waals surface area contributed by atoms with Gasteiger partial charge < -0.3 is 4.98 Å². The van der Waals surface area contributed by atoms with Gasteiger partial charge in [0.25, 0.3) is 0 Å². The smallest absolute Gasteiger partial charge is 0.0458 e. The van der Waals surface area contributed by atoms with Crippen LogP contribution in [0.4, 0.5) is 0 Å². The van der Waals surface area contributed by atoms with Crippen molar-refractivity contribution in [3.05, 3.63) is 35.5 Å². The zero-order valence-corrected chi connectivity index (χ0v) is 12.0.